The first-order chi connectivity index (χ1) is 15.7. The Morgan fingerprint density at radius 3 is 0.765 bits per heavy atom. The molecule has 0 aliphatic carbocycles. The van der Waals surface area contributed by atoms with Gasteiger partial charge in [0.2, 0.25) is 6.71 Å². The molecule has 3 aromatic rings. The first kappa shape index (κ1) is 27.4. The van der Waals surface area contributed by atoms with Crippen LogP contribution in [0.5, 0.6) is 0 Å². The van der Waals surface area contributed by atoms with Crippen molar-refractivity contribution in [3.05, 3.63) is 72.8 Å². The molecule has 3 aromatic carbocycles. The Morgan fingerprint density at radius 2 is 0.588 bits per heavy atom. The molecule has 0 amide bonds. The fourth-order valence-electron chi connectivity index (χ4n) is 3.82. The summed E-state index contributed by atoms with van der Waals surface area (Å²) in [6.07, 6.45) is 0. The molecule has 0 fully saturated rings. The molecule has 34 heavy (non-hydrogen) atoms. The van der Waals surface area contributed by atoms with Gasteiger partial charge in [0.1, 0.15) is 0 Å². The zero-order valence-electron chi connectivity index (χ0n) is 22.2. The Hall–Kier alpha value is -1.23. The Balaban J connectivity index is 1.97. The first-order valence-electron chi connectivity index (χ1n) is 12.1. The SMILES string of the molecule is CC(C)(C)Sc1ccc(B(c2ccc(SC(C)(C)C)cc2)c2ccc(SC(C)(C)C)cc2)cc1. The van der Waals surface area contributed by atoms with Crippen molar-refractivity contribution in [1.82, 2.24) is 0 Å². The lowest BCUT2D eigenvalue weighted by Gasteiger charge is -2.21. The van der Waals surface area contributed by atoms with E-state index in [4.69, 9.17) is 0 Å². The third kappa shape index (κ3) is 8.77. The molecular weight excluding hydrogens is 467 g/mol. The summed E-state index contributed by atoms with van der Waals surface area (Å²) in [5.41, 5.74) is 4.02. The summed E-state index contributed by atoms with van der Waals surface area (Å²) in [4.78, 5) is 3.97. The van der Waals surface area contributed by atoms with Gasteiger partial charge in [0.25, 0.3) is 0 Å². The quantitative estimate of drug-likeness (QED) is 0.247. The van der Waals surface area contributed by atoms with Crippen LogP contribution in [0.1, 0.15) is 62.3 Å². The van der Waals surface area contributed by atoms with Gasteiger partial charge >= 0.3 is 0 Å². The number of hydrogen-bond acceptors (Lipinski definition) is 3. The standard InChI is InChI=1S/C30H39BS3/c1-28(2,3)32-25-16-10-22(11-17-25)31(23-12-18-26(19-13-23)33-29(4,5)6)24-14-20-27(21-15-24)34-30(7,8)9/h10-21H,1-9H3. The van der Waals surface area contributed by atoms with Gasteiger partial charge in [-0.1, -0.05) is 115 Å². The van der Waals surface area contributed by atoms with Crippen LogP contribution in [0.2, 0.25) is 0 Å². The van der Waals surface area contributed by atoms with E-state index < -0.39 is 0 Å². The molecule has 0 bridgehead atoms. The van der Waals surface area contributed by atoms with Crippen LogP contribution >= 0.6 is 35.3 Å². The third-order valence-corrected chi connectivity index (χ3v) is 8.27. The number of thioether (sulfide) groups is 3. The maximum absolute atomic E-state index is 2.31. The van der Waals surface area contributed by atoms with E-state index in [9.17, 15) is 0 Å². The Kier molecular flexibility index (Phi) is 8.70. The van der Waals surface area contributed by atoms with Crippen molar-refractivity contribution in [1.29, 1.82) is 0 Å². The van der Waals surface area contributed by atoms with Crippen molar-refractivity contribution in [2.75, 3.05) is 0 Å². The molecule has 0 aliphatic heterocycles. The van der Waals surface area contributed by atoms with E-state index in [-0.39, 0.29) is 21.0 Å². The molecule has 180 valence electrons. The average Bonchev–Trinajstić information content (AvgIpc) is 2.69. The first-order valence-corrected chi connectivity index (χ1v) is 14.5. The van der Waals surface area contributed by atoms with E-state index >= 15 is 0 Å². The average molecular weight is 507 g/mol. The zero-order valence-corrected chi connectivity index (χ0v) is 24.7. The molecule has 0 saturated heterocycles. The van der Waals surface area contributed by atoms with Crippen molar-refractivity contribution in [3.63, 3.8) is 0 Å². The van der Waals surface area contributed by atoms with Crippen LogP contribution in [-0.4, -0.2) is 21.0 Å². The molecule has 0 spiro atoms. The van der Waals surface area contributed by atoms with Crippen molar-refractivity contribution in [2.45, 2.75) is 91.2 Å². The number of benzene rings is 3. The minimum Gasteiger partial charge on any atom is -0.120 e. The van der Waals surface area contributed by atoms with Crippen LogP contribution < -0.4 is 16.4 Å². The van der Waals surface area contributed by atoms with Crippen molar-refractivity contribution < 1.29 is 0 Å². The van der Waals surface area contributed by atoms with Crippen LogP contribution in [0.4, 0.5) is 0 Å². The van der Waals surface area contributed by atoms with Crippen molar-refractivity contribution in [2.24, 2.45) is 0 Å². The monoisotopic (exact) mass is 506 g/mol. The van der Waals surface area contributed by atoms with Gasteiger partial charge in [0.05, 0.1) is 0 Å². The van der Waals surface area contributed by atoms with E-state index in [1.165, 1.54) is 31.1 Å². The molecular formula is C30H39BS3. The Labute approximate surface area is 221 Å². The van der Waals surface area contributed by atoms with Crippen LogP contribution in [0.3, 0.4) is 0 Å². The van der Waals surface area contributed by atoms with Gasteiger partial charge in [0.15, 0.2) is 0 Å². The molecule has 0 aromatic heterocycles. The number of hydrogen-bond donors (Lipinski definition) is 0. The maximum Gasteiger partial charge on any atom is 0.241 e. The van der Waals surface area contributed by atoms with Crippen molar-refractivity contribution in [3.8, 4) is 0 Å². The minimum atomic E-state index is 0.210. The second kappa shape index (κ2) is 10.8. The highest BCUT2D eigenvalue weighted by Crippen LogP contribution is 2.33. The lowest BCUT2D eigenvalue weighted by molar-refractivity contribution is 0.802. The van der Waals surface area contributed by atoms with E-state index in [2.05, 4.69) is 135 Å². The van der Waals surface area contributed by atoms with Crippen LogP contribution in [0.15, 0.2) is 87.5 Å². The largest absolute Gasteiger partial charge is 0.241 e. The molecule has 4 heteroatoms. The lowest BCUT2D eigenvalue weighted by Crippen LogP contribution is -2.51. The summed E-state index contributed by atoms with van der Waals surface area (Å²) < 4.78 is 0.631. The summed E-state index contributed by atoms with van der Waals surface area (Å²) in [5.74, 6) is 0. The van der Waals surface area contributed by atoms with Gasteiger partial charge in [0, 0.05) is 28.9 Å². The zero-order chi connectivity index (χ0) is 25.1. The molecule has 0 radical (unpaired) electrons. The maximum atomic E-state index is 2.31. The van der Waals surface area contributed by atoms with E-state index in [1.54, 1.807) is 0 Å². The van der Waals surface area contributed by atoms with Gasteiger partial charge in [-0.3, -0.25) is 0 Å². The molecule has 0 unspecified atom stereocenters. The predicted molar refractivity (Wildman–Crippen MR) is 161 cm³/mol. The summed E-state index contributed by atoms with van der Waals surface area (Å²) in [7, 11) is 0. The molecule has 0 heterocycles. The predicted octanol–water partition coefficient (Wildman–Crippen LogP) is 7.87. The fraction of sp³-hybridized carbons (Fsp3) is 0.400. The fourth-order valence-corrected chi connectivity index (χ4v) is 6.76. The summed E-state index contributed by atoms with van der Waals surface area (Å²) in [5, 5.41) is 0. The normalized spacial score (nSPS) is 12.6. The summed E-state index contributed by atoms with van der Waals surface area (Å²) >= 11 is 5.76. The van der Waals surface area contributed by atoms with Crippen LogP contribution in [0, 0.1) is 0 Å². The third-order valence-electron chi connectivity index (χ3n) is 4.91. The summed E-state index contributed by atoms with van der Waals surface area (Å²) in [6, 6.07) is 27.6. The molecule has 3 rings (SSSR count). The highest BCUT2D eigenvalue weighted by molar-refractivity contribution is 8.01. The minimum absolute atomic E-state index is 0.210. The number of rotatable bonds is 6. The second-order valence-electron chi connectivity index (χ2n) is 11.8. The van der Waals surface area contributed by atoms with E-state index in [0.29, 0.717) is 0 Å². The second-order valence-corrected chi connectivity index (χ2v) is 17.5. The van der Waals surface area contributed by atoms with E-state index in [1.807, 2.05) is 35.3 Å². The van der Waals surface area contributed by atoms with Gasteiger partial charge < -0.3 is 0 Å². The molecule has 0 saturated carbocycles. The van der Waals surface area contributed by atoms with Crippen LogP contribution in [-0.2, 0) is 0 Å². The van der Waals surface area contributed by atoms with Crippen LogP contribution in [0.25, 0.3) is 0 Å². The highest BCUT2D eigenvalue weighted by atomic mass is 32.2. The molecule has 0 N–H and O–H groups in total. The van der Waals surface area contributed by atoms with Gasteiger partial charge in [-0.05, 0) is 36.4 Å². The van der Waals surface area contributed by atoms with Gasteiger partial charge in [-0.25, -0.2) is 0 Å². The summed E-state index contributed by atoms with van der Waals surface area (Å²) in [6.45, 7) is 20.6. The van der Waals surface area contributed by atoms with Gasteiger partial charge in [-0.15, -0.1) is 35.3 Å². The molecule has 0 aliphatic rings. The van der Waals surface area contributed by atoms with Crippen molar-refractivity contribution >= 4 is 58.4 Å². The highest BCUT2D eigenvalue weighted by Gasteiger charge is 2.23. The molecule has 0 nitrogen and oxygen atoms in total. The Bertz CT molecular complexity index is 908. The lowest BCUT2D eigenvalue weighted by atomic mass is 9.37. The Morgan fingerprint density at radius 1 is 0.382 bits per heavy atom. The topological polar surface area (TPSA) is 0 Å². The van der Waals surface area contributed by atoms with Gasteiger partial charge in [-0.2, -0.15) is 0 Å². The van der Waals surface area contributed by atoms with E-state index in [0.717, 1.165) is 0 Å². The smallest absolute Gasteiger partial charge is 0.120 e. The molecule has 0 atom stereocenters.